The lowest BCUT2D eigenvalue weighted by Crippen LogP contribution is -2.04. The van der Waals surface area contributed by atoms with Gasteiger partial charge < -0.3 is 5.32 Å². The summed E-state index contributed by atoms with van der Waals surface area (Å²) in [6, 6.07) is 14.2. The van der Waals surface area contributed by atoms with Gasteiger partial charge in [-0.1, -0.05) is 29.8 Å². The van der Waals surface area contributed by atoms with Crippen LogP contribution in [0.1, 0.15) is 0 Å². The smallest absolute Gasteiger partial charge is 0.124 e. The molecule has 0 bridgehead atoms. The monoisotopic (exact) mass is 281 g/mol. The topological polar surface area (TPSA) is 12.0 Å². The van der Waals surface area contributed by atoms with Crippen molar-refractivity contribution in [2.24, 2.45) is 0 Å². The van der Waals surface area contributed by atoms with Gasteiger partial charge in [0.1, 0.15) is 5.82 Å². The van der Waals surface area contributed by atoms with E-state index in [-0.39, 0.29) is 5.82 Å². The molecule has 1 N–H and O–H groups in total. The van der Waals surface area contributed by atoms with Gasteiger partial charge in [-0.15, -0.1) is 11.8 Å². The van der Waals surface area contributed by atoms with Crippen molar-refractivity contribution < 1.29 is 4.39 Å². The second kappa shape index (κ2) is 6.66. The Labute approximate surface area is 115 Å². The minimum absolute atomic E-state index is 0.195. The fourth-order valence-corrected chi connectivity index (χ4v) is 2.53. The van der Waals surface area contributed by atoms with Gasteiger partial charge in [0.05, 0.1) is 10.7 Å². The third kappa shape index (κ3) is 3.93. The molecule has 18 heavy (non-hydrogen) atoms. The van der Waals surface area contributed by atoms with Gasteiger partial charge in [0.2, 0.25) is 0 Å². The highest BCUT2D eigenvalue weighted by Gasteiger charge is 1.98. The molecule has 0 spiro atoms. The first-order chi connectivity index (χ1) is 8.75. The van der Waals surface area contributed by atoms with E-state index >= 15 is 0 Å². The van der Waals surface area contributed by atoms with E-state index < -0.39 is 0 Å². The largest absolute Gasteiger partial charge is 0.383 e. The number of anilines is 1. The van der Waals surface area contributed by atoms with Crippen molar-refractivity contribution >= 4 is 29.1 Å². The highest BCUT2D eigenvalue weighted by molar-refractivity contribution is 7.99. The first-order valence-corrected chi connectivity index (χ1v) is 6.99. The predicted molar refractivity (Wildman–Crippen MR) is 77.1 cm³/mol. The average Bonchev–Trinajstić information content (AvgIpc) is 2.37. The number of para-hydroxylation sites is 1. The Morgan fingerprint density at radius 2 is 1.94 bits per heavy atom. The van der Waals surface area contributed by atoms with Gasteiger partial charge in [-0.2, -0.15) is 0 Å². The van der Waals surface area contributed by atoms with E-state index in [9.17, 15) is 4.39 Å². The Kier molecular flexibility index (Phi) is 4.90. The van der Waals surface area contributed by atoms with Crippen LogP contribution in [0.25, 0.3) is 0 Å². The molecular weight excluding hydrogens is 269 g/mol. The summed E-state index contributed by atoms with van der Waals surface area (Å²) in [5.74, 6) is 0.661. The first kappa shape index (κ1) is 13.2. The summed E-state index contributed by atoms with van der Waals surface area (Å²) < 4.78 is 12.9. The minimum atomic E-state index is -0.195. The molecule has 0 heterocycles. The van der Waals surface area contributed by atoms with Crippen LogP contribution in [0.3, 0.4) is 0 Å². The molecule has 0 radical (unpaired) electrons. The minimum Gasteiger partial charge on any atom is -0.383 e. The van der Waals surface area contributed by atoms with Crippen molar-refractivity contribution in [3.8, 4) is 0 Å². The lowest BCUT2D eigenvalue weighted by Gasteiger charge is -2.07. The predicted octanol–water partition coefficient (Wildman–Crippen LogP) is 4.68. The number of nitrogens with one attached hydrogen (secondary N) is 1. The van der Waals surface area contributed by atoms with Crippen LogP contribution in [0.2, 0.25) is 5.02 Å². The van der Waals surface area contributed by atoms with Crippen LogP contribution in [0.5, 0.6) is 0 Å². The quantitative estimate of drug-likeness (QED) is 0.631. The number of hydrogen-bond donors (Lipinski definition) is 1. The van der Waals surface area contributed by atoms with E-state index in [1.165, 1.54) is 6.07 Å². The van der Waals surface area contributed by atoms with E-state index in [0.29, 0.717) is 5.02 Å². The van der Waals surface area contributed by atoms with Gasteiger partial charge in [0, 0.05) is 17.2 Å². The molecule has 2 aromatic carbocycles. The van der Waals surface area contributed by atoms with E-state index in [1.807, 2.05) is 30.3 Å². The summed E-state index contributed by atoms with van der Waals surface area (Å²) in [4.78, 5) is 0.941. The summed E-state index contributed by atoms with van der Waals surface area (Å²) in [7, 11) is 0. The van der Waals surface area contributed by atoms with Gasteiger partial charge >= 0.3 is 0 Å². The molecule has 94 valence electrons. The number of hydrogen-bond acceptors (Lipinski definition) is 2. The molecule has 0 fully saturated rings. The van der Waals surface area contributed by atoms with Crippen LogP contribution >= 0.6 is 23.4 Å². The maximum atomic E-state index is 12.9. The molecule has 0 aliphatic rings. The van der Waals surface area contributed by atoms with E-state index in [4.69, 9.17) is 11.6 Å². The Balaban J connectivity index is 1.78. The molecule has 2 rings (SSSR count). The zero-order valence-electron chi connectivity index (χ0n) is 9.70. The fourth-order valence-electron chi connectivity index (χ4n) is 1.52. The van der Waals surface area contributed by atoms with Crippen LogP contribution in [0, 0.1) is 5.82 Å². The van der Waals surface area contributed by atoms with Crippen molar-refractivity contribution in [1.82, 2.24) is 0 Å². The summed E-state index contributed by atoms with van der Waals surface area (Å²) in [5.41, 5.74) is 0.930. The molecule has 0 aliphatic heterocycles. The SMILES string of the molecule is Fc1cccc(SCCNc2ccccc2Cl)c1. The molecule has 0 aromatic heterocycles. The molecule has 0 saturated heterocycles. The number of thioether (sulfide) groups is 1. The summed E-state index contributed by atoms with van der Waals surface area (Å²) >= 11 is 7.64. The van der Waals surface area contributed by atoms with Crippen LogP contribution in [0.15, 0.2) is 53.4 Å². The molecule has 0 saturated carbocycles. The highest BCUT2D eigenvalue weighted by atomic mass is 35.5. The van der Waals surface area contributed by atoms with Crippen molar-refractivity contribution in [3.63, 3.8) is 0 Å². The third-order valence-corrected chi connectivity index (χ3v) is 3.68. The number of benzene rings is 2. The third-order valence-electron chi connectivity index (χ3n) is 2.36. The van der Waals surface area contributed by atoms with E-state index in [1.54, 1.807) is 23.9 Å². The van der Waals surface area contributed by atoms with Crippen LogP contribution in [-0.2, 0) is 0 Å². The van der Waals surface area contributed by atoms with Crippen LogP contribution < -0.4 is 5.32 Å². The summed E-state index contributed by atoms with van der Waals surface area (Å²) in [5, 5.41) is 3.97. The molecule has 2 aromatic rings. The molecule has 0 aliphatic carbocycles. The number of rotatable bonds is 5. The molecule has 4 heteroatoms. The lowest BCUT2D eigenvalue weighted by molar-refractivity contribution is 0.624. The Morgan fingerprint density at radius 1 is 1.11 bits per heavy atom. The molecule has 1 nitrogen and oxygen atoms in total. The van der Waals surface area contributed by atoms with Gasteiger partial charge in [-0.05, 0) is 30.3 Å². The molecular formula is C14H13ClFNS. The first-order valence-electron chi connectivity index (χ1n) is 5.62. The van der Waals surface area contributed by atoms with Gasteiger partial charge in [0.25, 0.3) is 0 Å². The second-order valence-electron chi connectivity index (χ2n) is 3.71. The van der Waals surface area contributed by atoms with Gasteiger partial charge in [-0.3, -0.25) is 0 Å². The van der Waals surface area contributed by atoms with Gasteiger partial charge in [-0.25, -0.2) is 4.39 Å². The Hall–Kier alpha value is -1.19. The van der Waals surface area contributed by atoms with Crippen molar-refractivity contribution in [2.75, 3.05) is 17.6 Å². The Bertz CT molecular complexity index is 519. The van der Waals surface area contributed by atoms with E-state index in [2.05, 4.69) is 5.32 Å². The van der Waals surface area contributed by atoms with Crippen molar-refractivity contribution in [2.45, 2.75) is 4.90 Å². The van der Waals surface area contributed by atoms with Crippen LogP contribution in [-0.4, -0.2) is 12.3 Å². The molecule has 0 atom stereocenters. The normalized spacial score (nSPS) is 10.3. The second-order valence-corrected chi connectivity index (χ2v) is 5.29. The highest BCUT2D eigenvalue weighted by Crippen LogP contribution is 2.22. The number of halogens is 2. The zero-order valence-corrected chi connectivity index (χ0v) is 11.3. The maximum absolute atomic E-state index is 12.9. The Morgan fingerprint density at radius 3 is 2.72 bits per heavy atom. The molecule has 0 unspecified atom stereocenters. The van der Waals surface area contributed by atoms with Crippen molar-refractivity contribution in [3.05, 3.63) is 59.4 Å². The van der Waals surface area contributed by atoms with E-state index in [0.717, 1.165) is 22.9 Å². The molecule has 0 amide bonds. The summed E-state index contributed by atoms with van der Waals surface area (Å²) in [6.07, 6.45) is 0. The summed E-state index contributed by atoms with van der Waals surface area (Å²) in [6.45, 7) is 0.783. The van der Waals surface area contributed by atoms with Gasteiger partial charge in [0.15, 0.2) is 0 Å². The average molecular weight is 282 g/mol. The standard InChI is InChI=1S/C14H13ClFNS/c15-13-6-1-2-7-14(13)17-8-9-18-12-5-3-4-11(16)10-12/h1-7,10,17H,8-9H2. The van der Waals surface area contributed by atoms with Crippen molar-refractivity contribution in [1.29, 1.82) is 0 Å². The fraction of sp³-hybridized carbons (Fsp3) is 0.143. The lowest BCUT2D eigenvalue weighted by atomic mass is 10.3. The van der Waals surface area contributed by atoms with Crippen LogP contribution in [0.4, 0.5) is 10.1 Å². The zero-order chi connectivity index (χ0) is 12.8. The maximum Gasteiger partial charge on any atom is 0.124 e.